The van der Waals surface area contributed by atoms with Gasteiger partial charge in [-0.25, -0.2) is 4.79 Å². The molecule has 1 unspecified atom stereocenters. The number of anilines is 2. The number of amides is 1. The SMILES string of the molecule is COC(=O)c1[nH]c2ccc(Cl)cc2c1NC(=O)C(C)N1CCN(c2cccc(C)c2C)CC1. The Bertz CT molecular complexity index is 1200. The highest BCUT2D eigenvalue weighted by molar-refractivity contribution is 6.31. The number of benzene rings is 2. The lowest BCUT2D eigenvalue weighted by atomic mass is 10.1. The Morgan fingerprint density at radius 2 is 1.85 bits per heavy atom. The van der Waals surface area contributed by atoms with Gasteiger partial charge in [-0.3, -0.25) is 9.69 Å². The van der Waals surface area contributed by atoms with Crippen molar-refractivity contribution >= 4 is 45.8 Å². The number of H-pyrrole nitrogens is 1. The van der Waals surface area contributed by atoms with Crippen molar-refractivity contribution in [1.82, 2.24) is 9.88 Å². The molecule has 0 spiro atoms. The summed E-state index contributed by atoms with van der Waals surface area (Å²) in [6, 6.07) is 11.2. The van der Waals surface area contributed by atoms with Gasteiger partial charge in [-0.2, -0.15) is 0 Å². The summed E-state index contributed by atoms with van der Waals surface area (Å²) >= 11 is 6.16. The van der Waals surface area contributed by atoms with Crippen molar-refractivity contribution in [3.05, 3.63) is 58.2 Å². The third-order valence-corrected chi connectivity index (χ3v) is 6.79. The van der Waals surface area contributed by atoms with Crippen molar-refractivity contribution in [2.75, 3.05) is 43.5 Å². The van der Waals surface area contributed by atoms with E-state index in [9.17, 15) is 9.59 Å². The number of carbonyl (C=O) groups excluding carboxylic acids is 2. The molecule has 1 aliphatic heterocycles. The van der Waals surface area contributed by atoms with Crippen LogP contribution in [0.2, 0.25) is 5.02 Å². The van der Waals surface area contributed by atoms with Gasteiger partial charge in [0.25, 0.3) is 0 Å². The topological polar surface area (TPSA) is 77.7 Å². The first-order chi connectivity index (χ1) is 15.8. The summed E-state index contributed by atoms with van der Waals surface area (Å²) in [6.45, 7) is 9.40. The Hall–Kier alpha value is -3.03. The average Bonchev–Trinajstić information content (AvgIpc) is 3.17. The van der Waals surface area contributed by atoms with Gasteiger partial charge in [0.2, 0.25) is 5.91 Å². The number of piperazine rings is 1. The highest BCUT2D eigenvalue weighted by Crippen LogP contribution is 2.31. The zero-order valence-corrected chi connectivity index (χ0v) is 20.1. The number of hydrogen-bond donors (Lipinski definition) is 2. The molecule has 2 aromatic carbocycles. The van der Waals surface area contributed by atoms with E-state index in [2.05, 4.69) is 52.1 Å². The number of hydrogen-bond acceptors (Lipinski definition) is 5. The molecule has 0 aliphatic carbocycles. The second-order valence-electron chi connectivity index (χ2n) is 8.46. The van der Waals surface area contributed by atoms with E-state index in [0.29, 0.717) is 21.6 Å². The molecule has 2 N–H and O–H groups in total. The second kappa shape index (κ2) is 9.45. The van der Waals surface area contributed by atoms with Gasteiger partial charge in [0, 0.05) is 47.8 Å². The van der Waals surface area contributed by atoms with Gasteiger partial charge in [-0.05, 0) is 56.2 Å². The van der Waals surface area contributed by atoms with E-state index in [-0.39, 0.29) is 17.6 Å². The van der Waals surface area contributed by atoms with Crippen molar-refractivity contribution in [2.45, 2.75) is 26.8 Å². The highest BCUT2D eigenvalue weighted by Gasteiger charge is 2.28. The maximum absolute atomic E-state index is 13.2. The quantitative estimate of drug-likeness (QED) is 0.543. The fraction of sp³-hybridized carbons (Fsp3) is 0.360. The molecule has 33 heavy (non-hydrogen) atoms. The smallest absolute Gasteiger partial charge is 0.356 e. The third-order valence-electron chi connectivity index (χ3n) is 6.56. The van der Waals surface area contributed by atoms with Gasteiger partial charge in [0.05, 0.1) is 18.8 Å². The minimum Gasteiger partial charge on any atom is -0.464 e. The number of aromatic nitrogens is 1. The van der Waals surface area contributed by atoms with E-state index in [1.165, 1.54) is 23.9 Å². The lowest BCUT2D eigenvalue weighted by Crippen LogP contribution is -2.53. The number of aromatic amines is 1. The number of aryl methyl sites for hydroxylation is 1. The summed E-state index contributed by atoms with van der Waals surface area (Å²) in [6.07, 6.45) is 0. The summed E-state index contributed by atoms with van der Waals surface area (Å²) < 4.78 is 4.90. The van der Waals surface area contributed by atoms with E-state index < -0.39 is 5.97 Å². The lowest BCUT2D eigenvalue weighted by molar-refractivity contribution is -0.120. The third kappa shape index (κ3) is 4.56. The van der Waals surface area contributed by atoms with Crippen molar-refractivity contribution in [3.63, 3.8) is 0 Å². The van der Waals surface area contributed by atoms with Crippen LogP contribution in [0.15, 0.2) is 36.4 Å². The minimum atomic E-state index is -0.549. The van der Waals surface area contributed by atoms with Gasteiger partial charge in [-0.15, -0.1) is 0 Å². The standard InChI is InChI=1S/C25H29ClN4O3/c1-15-6-5-7-21(16(15)2)30-12-10-29(11-13-30)17(3)24(31)28-22-19-14-18(26)8-9-20(19)27-23(22)25(32)33-4/h5-9,14,17,27H,10-13H2,1-4H3,(H,28,31). The number of fused-ring (bicyclic) bond motifs is 1. The molecule has 4 rings (SSSR count). The number of nitrogens with zero attached hydrogens (tertiary/aromatic N) is 2. The number of ether oxygens (including phenoxy) is 1. The van der Waals surface area contributed by atoms with Crippen LogP contribution in [0.4, 0.5) is 11.4 Å². The molecule has 0 saturated carbocycles. The first kappa shape index (κ1) is 23.1. The van der Waals surface area contributed by atoms with Crippen LogP contribution in [0, 0.1) is 13.8 Å². The first-order valence-corrected chi connectivity index (χ1v) is 11.4. The largest absolute Gasteiger partial charge is 0.464 e. The first-order valence-electron chi connectivity index (χ1n) is 11.1. The Labute approximate surface area is 198 Å². The van der Waals surface area contributed by atoms with Crippen molar-refractivity contribution in [3.8, 4) is 0 Å². The maximum Gasteiger partial charge on any atom is 0.356 e. The maximum atomic E-state index is 13.2. The molecule has 8 heteroatoms. The number of esters is 1. The molecule has 1 saturated heterocycles. The van der Waals surface area contributed by atoms with Gasteiger partial charge in [0.1, 0.15) is 5.69 Å². The molecule has 1 amide bonds. The number of nitrogens with one attached hydrogen (secondary N) is 2. The van der Waals surface area contributed by atoms with Crippen molar-refractivity contribution in [1.29, 1.82) is 0 Å². The molecule has 174 valence electrons. The molecule has 7 nitrogen and oxygen atoms in total. The Balaban J connectivity index is 1.49. The van der Waals surface area contributed by atoms with Gasteiger partial charge in [-0.1, -0.05) is 23.7 Å². The van der Waals surface area contributed by atoms with Crippen molar-refractivity contribution < 1.29 is 14.3 Å². The molecular formula is C25H29ClN4O3. The molecule has 1 aliphatic rings. The van der Waals surface area contributed by atoms with Crippen LogP contribution in [-0.2, 0) is 9.53 Å². The van der Waals surface area contributed by atoms with Crippen LogP contribution >= 0.6 is 11.6 Å². The van der Waals surface area contributed by atoms with Crippen LogP contribution in [0.3, 0.4) is 0 Å². The van der Waals surface area contributed by atoms with Crippen LogP contribution in [0.1, 0.15) is 28.5 Å². The monoisotopic (exact) mass is 468 g/mol. The molecular weight excluding hydrogens is 440 g/mol. The predicted octanol–water partition coefficient (Wildman–Crippen LogP) is 4.37. The van der Waals surface area contributed by atoms with E-state index >= 15 is 0 Å². The number of rotatable bonds is 5. The summed E-state index contributed by atoms with van der Waals surface area (Å²) in [7, 11) is 1.31. The number of halogens is 1. The predicted molar refractivity (Wildman–Crippen MR) is 132 cm³/mol. The van der Waals surface area contributed by atoms with Crippen LogP contribution < -0.4 is 10.2 Å². The molecule has 1 fully saturated rings. The average molecular weight is 469 g/mol. The fourth-order valence-electron chi connectivity index (χ4n) is 4.37. The number of methoxy groups -OCH3 is 1. The zero-order valence-electron chi connectivity index (χ0n) is 19.4. The van der Waals surface area contributed by atoms with Gasteiger partial charge >= 0.3 is 5.97 Å². The molecule has 0 bridgehead atoms. The van der Waals surface area contributed by atoms with E-state index in [1.807, 2.05) is 6.92 Å². The molecule has 3 aromatic rings. The van der Waals surface area contributed by atoms with E-state index in [4.69, 9.17) is 16.3 Å². The Morgan fingerprint density at radius 3 is 2.55 bits per heavy atom. The van der Waals surface area contributed by atoms with Crippen molar-refractivity contribution in [2.24, 2.45) is 0 Å². The van der Waals surface area contributed by atoms with Crippen LogP contribution in [-0.4, -0.2) is 61.1 Å². The second-order valence-corrected chi connectivity index (χ2v) is 8.90. The summed E-state index contributed by atoms with van der Waals surface area (Å²) in [4.78, 5) is 33.1. The summed E-state index contributed by atoms with van der Waals surface area (Å²) in [5.74, 6) is -0.728. The van der Waals surface area contributed by atoms with Crippen LogP contribution in [0.5, 0.6) is 0 Å². The Morgan fingerprint density at radius 1 is 1.12 bits per heavy atom. The van der Waals surface area contributed by atoms with Gasteiger partial charge in [0.15, 0.2) is 0 Å². The molecule has 2 heterocycles. The lowest BCUT2D eigenvalue weighted by Gasteiger charge is -2.39. The molecule has 1 atom stereocenters. The fourth-order valence-corrected chi connectivity index (χ4v) is 4.54. The summed E-state index contributed by atoms with van der Waals surface area (Å²) in [5, 5.41) is 4.13. The molecule has 1 aromatic heterocycles. The Kier molecular flexibility index (Phi) is 6.63. The zero-order chi connectivity index (χ0) is 23.7. The van der Waals surface area contributed by atoms with E-state index in [1.54, 1.807) is 18.2 Å². The van der Waals surface area contributed by atoms with Gasteiger partial charge < -0.3 is 19.9 Å². The number of carbonyl (C=O) groups is 2. The minimum absolute atomic E-state index is 0.179. The highest BCUT2D eigenvalue weighted by atomic mass is 35.5. The van der Waals surface area contributed by atoms with Crippen LogP contribution in [0.25, 0.3) is 10.9 Å². The summed E-state index contributed by atoms with van der Waals surface area (Å²) in [5.41, 5.74) is 5.13. The normalized spacial score (nSPS) is 15.5. The van der Waals surface area contributed by atoms with E-state index in [0.717, 1.165) is 26.2 Å². The molecule has 0 radical (unpaired) electrons.